The molecule has 0 unspecified atom stereocenters. The number of fused-ring (bicyclic) bond motifs is 1. The first kappa shape index (κ1) is 10.8. The van der Waals surface area contributed by atoms with Crippen LogP contribution in [0.2, 0.25) is 0 Å². The molecule has 1 N–H and O–H groups in total. The number of thiophene rings is 1. The summed E-state index contributed by atoms with van der Waals surface area (Å²) in [5, 5.41) is 3.16. The van der Waals surface area contributed by atoms with Gasteiger partial charge in [0.2, 0.25) is 0 Å². The molecule has 0 aliphatic carbocycles. The lowest BCUT2D eigenvalue weighted by molar-refractivity contribution is 0.0962. The van der Waals surface area contributed by atoms with Crippen LogP contribution in [0.1, 0.15) is 9.67 Å². The molecular formula is C12H10FNOS. The van der Waals surface area contributed by atoms with Crippen molar-refractivity contribution in [3.63, 3.8) is 0 Å². The lowest BCUT2D eigenvalue weighted by Crippen LogP contribution is -2.21. The minimum absolute atomic E-state index is 0.194. The average Bonchev–Trinajstić information content (AvgIpc) is 2.71. The van der Waals surface area contributed by atoms with Crippen molar-refractivity contribution in [3.8, 4) is 0 Å². The number of rotatable bonds is 3. The molecule has 0 saturated heterocycles. The van der Waals surface area contributed by atoms with E-state index in [0.29, 0.717) is 16.8 Å². The molecule has 0 aliphatic rings. The fourth-order valence-electron chi connectivity index (χ4n) is 1.39. The van der Waals surface area contributed by atoms with Gasteiger partial charge >= 0.3 is 0 Å². The molecule has 2 rings (SSSR count). The Kier molecular flexibility index (Phi) is 3.01. The second-order valence-corrected chi connectivity index (χ2v) is 4.34. The lowest BCUT2D eigenvalue weighted by Gasteiger charge is -1.96. The van der Waals surface area contributed by atoms with Gasteiger partial charge in [-0.05, 0) is 18.2 Å². The van der Waals surface area contributed by atoms with E-state index in [1.54, 1.807) is 24.3 Å². The van der Waals surface area contributed by atoms with E-state index in [9.17, 15) is 9.18 Å². The fourth-order valence-corrected chi connectivity index (χ4v) is 2.38. The average molecular weight is 235 g/mol. The van der Waals surface area contributed by atoms with Crippen molar-refractivity contribution in [3.05, 3.63) is 47.6 Å². The third-order valence-corrected chi connectivity index (χ3v) is 3.24. The molecule has 1 amide bonds. The zero-order chi connectivity index (χ0) is 11.5. The van der Waals surface area contributed by atoms with Crippen molar-refractivity contribution in [1.82, 2.24) is 5.32 Å². The van der Waals surface area contributed by atoms with Crippen LogP contribution < -0.4 is 5.32 Å². The summed E-state index contributed by atoms with van der Waals surface area (Å²) in [5.41, 5.74) is 0. The SMILES string of the molecule is C=CCNC(=O)c1cc2c(F)cccc2s1. The molecule has 0 aliphatic heterocycles. The Labute approximate surface area is 96.4 Å². The Balaban J connectivity index is 2.36. The number of hydrogen-bond acceptors (Lipinski definition) is 2. The summed E-state index contributed by atoms with van der Waals surface area (Å²) in [7, 11) is 0. The number of hydrogen-bond donors (Lipinski definition) is 1. The molecule has 0 bridgehead atoms. The monoisotopic (exact) mass is 235 g/mol. The van der Waals surface area contributed by atoms with Crippen LogP contribution in [0, 0.1) is 5.82 Å². The molecule has 2 aromatic rings. The van der Waals surface area contributed by atoms with Crippen LogP contribution in [0.25, 0.3) is 10.1 Å². The first-order valence-electron chi connectivity index (χ1n) is 4.79. The third-order valence-electron chi connectivity index (χ3n) is 2.14. The summed E-state index contributed by atoms with van der Waals surface area (Å²) < 4.78 is 14.2. The van der Waals surface area contributed by atoms with Crippen LogP contribution in [0.5, 0.6) is 0 Å². The molecule has 16 heavy (non-hydrogen) atoms. The fraction of sp³-hybridized carbons (Fsp3) is 0.0833. The van der Waals surface area contributed by atoms with Crippen LogP contribution in [-0.4, -0.2) is 12.5 Å². The van der Waals surface area contributed by atoms with Crippen molar-refractivity contribution < 1.29 is 9.18 Å². The van der Waals surface area contributed by atoms with Gasteiger partial charge in [0, 0.05) is 16.6 Å². The first-order valence-corrected chi connectivity index (χ1v) is 5.61. The van der Waals surface area contributed by atoms with E-state index in [1.165, 1.54) is 17.4 Å². The Hall–Kier alpha value is -1.68. The molecule has 82 valence electrons. The smallest absolute Gasteiger partial charge is 0.261 e. The van der Waals surface area contributed by atoms with Gasteiger partial charge in [0.15, 0.2) is 0 Å². The standard InChI is InChI=1S/C12H10FNOS/c1-2-6-14-12(15)11-7-8-9(13)4-3-5-10(8)16-11/h2-5,7H,1,6H2,(H,14,15). The zero-order valence-electron chi connectivity index (χ0n) is 8.50. The van der Waals surface area contributed by atoms with Gasteiger partial charge < -0.3 is 5.32 Å². The minimum atomic E-state index is -0.295. The molecule has 0 radical (unpaired) electrons. The number of amides is 1. The molecule has 1 aromatic carbocycles. The number of nitrogens with one attached hydrogen (secondary N) is 1. The normalized spacial score (nSPS) is 10.3. The van der Waals surface area contributed by atoms with Crippen LogP contribution >= 0.6 is 11.3 Å². The number of halogens is 1. The second-order valence-electron chi connectivity index (χ2n) is 3.26. The highest BCUT2D eigenvalue weighted by molar-refractivity contribution is 7.20. The van der Waals surface area contributed by atoms with Gasteiger partial charge in [-0.1, -0.05) is 12.1 Å². The Morgan fingerprint density at radius 3 is 3.06 bits per heavy atom. The lowest BCUT2D eigenvalue weighted by atomic mass is 10.2. The molecule has 4 heteroatoms. The van der Waals surface area contributed by atoms with Crippen LogP contribution in [0.4, 0.5) is 4.39 Å². The molecule has 2 nitrogen and oxygen atoms in total. The van der Waals surface area contributed by atoms with Crippen LogP contribution in [-0.2, 0) is 0 Å². The van der Waals surface area contributed by atoms with Gasteiger partial charge in [-0.3, -0.25) is 4.79 Å². The first-order chi connectivity index (χ1) is 7.72. The highest BCUT2D eigenvalue weighted by atomic mass is 32.1. The third kappa shape index (κ3) is 1.97. The van der Waals surface area contributed by atoms with Crippen molar-refractivity contribution in [2.75, 3.05) is 6.54 Å². The molecule has 1 aromatic heterocycles. The second kappa shape index (κ2) is 4.45. The van der Waals surface area contributed by atoms with Crippen molar-refractivity contribution >= 4 is 27.3 Å². The van der Waals surface area contributed by atoms with Crippen molar-refractivity contribution in [2.24, 2.45) is 0 Å². The van der Waals surface area contributed by atoms with Crippen molar-refractivity contribution in [2.45, 2.75) is 0 Å². The summed E-state index contributed by atoms with van der Waals surface area (Å²) in [6, 6.07) is 6.40. The van der Waals surface area contributed by atoms with E-state index in [0.717, 1.165) is 4.70 Å². The summed E-state index contributed by atoms with van der Waals surface area (Å²) in [5.74, 6) is -0.489. The highest BCUT2D eigenvalue weighted by Crippen LogP contribution is 2.27. The van der Waals surface area contributed by atoms with Gasteiger partial charge in [-0.25, -0.2) is 4.39 Å². The number of carbonyl (C=O) groups excluding carboxylic acids is 1. The Morgan fingerprint density at radius 2 is 2.38 bits per heavy atom. The van der Waals surface area contributed by atoms with E-state index < -0.39 is 0 Å². The maximum absolute atomic E-state index is 13.4. The molecule has 0 atom stereocenters. The predicted octanol–water partition coefficient (Wildman–Crippen LogP) is 2.96. The summed E-state index contributed by atoms with van der Waals surface area (Å²) >= 11 is 1.28. The summed E-state index contributed by atoms with van der Waals surface area (Å²) in [6.45, 7) is 3.92. The molecule has 0 fully saturated rings. The molecule has 1 heterocycles. The Bertz CT molecular complexity index is 547. The molecular weight excluding hydrogens is 225 g/mol. The maximum Gasteiger partial charge on any atom is 0.261 e. The number of benzene rings is 1. The molecule has 0 saturated carbocycles. The highest BCUT2D eigenvalue weighted by Gasteiger charge is 2.11. The largest absolute Gasteiger partial charge is 0.348 e. The zero-order valence-corrected chi connectivity index (χ0v) is 9.31. The van der Waals surface area contributed by atoms with E-state index in [1.807, 2.05) is 0 Å². The topological polar surface area (TPSA) is 29.1 Å². The predicted molar refractivity (Wildman–Crippen MR) is 64.3 cm³/mol. The van der Waals surface area contributed by atoms with Crippen LogP contribution in [0.15, 0.2) is 36.9 Å². The Morgan fingerprint density at radius 1 is 1.56 bits per heavy atom. The van der Waals surface area contributed by atoms with E-state index in [2.05, 4.69) is 11.9 Å². The van der Waals surface area contributed by atoms with Gasteiger partial charge in [-0.2, -0.15) is 0 Å². The van der Waals surface area contributed by atoms with E-state index >= 15 is 0 Å². The van der Waals surface area contributed by atoms with Gasteiger partial charge in [-0.15, -0.1) is 17.9 Å². The van der Waals surface area contributed by atoms with Gasteiger partial charge in [0.1, 0.15) is 5.82 Å². The van der Waals surface area contributed by atoms with E-state index in [4.69, 9.17) is 0 Å². The summed E-state index contributed by atoms with van der Waals surface area (Å²) in [6.07, 6.45) is 1.60. The maximum atomic E-state index is 13.4. The molecule has 0 spiro atoms. The number of carbonyl (C=O) groups is 1. The van der Waals surface area contributed by atoms with Crippen LogP contribution in [0.3, 0.4) is 0 Å². The van der Waals surface area contributed by atoms with Crippen molar-refractivity contribution in [1.29, 1.82) is 0 Å². The van der Waals surface area contributed by atoms with Gasteiger partial charge in [0.05, 0.1) is 4.88 Å². The quantitative estimate of drug-likeness (QED) is 0.814. The summed E-state index contributed by atoms with van der Waals surface area (Å²) in [4.78, 5) is 12.1. The minimum Gasteiger partial charge on any atom is -0.348 e. The van der Waals surface area contributed by atoms with Gasteiger partial charge in [0.25, 0.3) is 5.91 Å². The van der Waals surface area contributed by atoms with E-state index in [-0.39, 0.29) is 11.7 Å².